The largest absolute Gasteiger partial charge is 0.545 e. The van der Waals surface area contributed by atoms with Gasteiger partial charge in [0.1, 0.15) is 85.5 Å². The molecule has 2 saturated heterocycles. The molecule has 8 aliphatic rings. The molecule has 2 aromatic heterocycles. The van der Waals surface area contributed by atoms with Gasteiger partial charge in [0.25, 0.3) is 11.8 Å². The number of carboxylic acid groups (broad SMARTS) is 2. The molecule has 0 spiro atoms. The minimum absolute atomic E-state index is 0.000916. The number of nitrogens with zero attached hydrogens (tertiary/aromatic N) is 8. The van der Waals surface area contributed by atoms with Crippen molar-refractivity contribution in [3.63, 3.8) is 0 Å². The molecule has 6 aromatic carbocycles. The van der Waals surface area contributed by atoms with Gasteiger partial charge in [-0.1, -0.05) is 35.8 Å². The van der Waals surface area contributed by atoms with Gasteiger partial charge in [-0.2, -0.15) is 27.2 Å². The molecule has 10 heterocycles. The Bertz CT molecular complexity index is 7210. The number of carboxylic acids is 2. The van der Waals surface area contributed by atoms with E-state index in [0.29, 0.717) is 50.5 Å². The highest BCUT2D eigenvalue weighted by atomic mass is 31.3. The predicted octanol–water partition coefficient (Wildman–Crippen LogP) is 1.09. The van der Waals surface area contributed by atoms with Gasteiger partial charge in [-0.25, -0.2) is 46.1 Å². The molecule has 2 amide bonds. The van der Waals surface area contributed by atoms with E-state index >= 15 is 0 Å². The van der Waals surface area contributed by atoms with E-state index in [2.05, 4.69) is 141 Å². The number of hydrogen-bond donors (Lipinski definition) is 14. The highest BCUT2D eigenvalue weighted by molar-refractivity contribution is 7.67. The summed E-state index contributed by atoms with van der Waals surface area (Å²) < 4.78 is 124. The van der Waals surface area contributed by atoms with Crippen molar-refractivity contribution in [1.29, 1.82) is 0 Å². The summed E-state index contributed by atoms with van der Waals surface area (Å²) in [5.74, 6) is 8.39. The van der Waals surface area contributed by atoms with Gasteiger partial charge >= 0.3 is 58.3 Å². The third-order valence-electron chi connectivity index (χ3n) is 23.9. The number of carbonyl (C=O) groups excluding carboxylic acids is 4. The second-order valence-corrected chi connectivity index (χ2v) is 41.6. The zero-order chi connectivity index (χ0) is 99.2. The second kappa shape index (κ2) is 41.0. The fourth-order valence-corrected chi connectivity index (χ4v) is 23.8. The Balaban J connectivity index is 0.000000209. The number of aliphatic hydroxyl groups excluding tert-OH is 2. The number of nitrogens with two attached hydrogens (primary N) is 2. The van der Waals surface area contributed by atoms with Gasteiger partial charge in [0.05, 0.1) is 73.7 Å². The topological polar surface area (TPSA) is 670 Å². The van der Waals surface area contributed by atoms with Gasteiger partial charge in [-0.05, 0) is 137 Å². The molecular weight excluding hydrogens is 1930 g/mol. The molecule has 8 aromatic rings. The Morgan fingerprint density at radius 3 is 1.33 bits per heavy atom. The summed E-state index contributed by atoms with van der Waals surface area (Å²) in [6.07, 6.45) is 0.494. The molecule has 10 atom stereocenters. The predicted molar refractivity (Wildman–Crippen MR) is 484 cm³/mol. The summed E-state index contributed by atoms with van der Waals surface area (Å²) in [5, 5.41) is 55.8. The molecule has 52 heteroatoms. The lowest BCUT2D eigenvalue weighted by Crippen LogP contribution is -2.39. The number of aryl methyl sites for hydroxylation is 4. The Morgan fingerprint density at radius 2 is 0.913 bits per heavy atom. The van der Waals surface area contributed by atoms with E-state index in [1.807, 2.05) is 24.3 Å². The lowest BCUT2D eigenvalue weighted by Gasteiger charge is -2.33. The van der Waals surface area contributed by atoms with Crippen molar-refractivity contribution in [2.75, 3.05) is 99.9 Å². The van der Waals surface area contributed by atoms with E-state index in [1.165, 1.54) is 36.5 Å². The summed E-state index contributed by atoms with van der Waals surface area (Å²) in [6, 6.07) is 25.0. The van der Waals surface area contributed by atoms with Crippen molar-refractivity contribution in [3.05, 3.63) is 217 Å². The van der Waals surface area contributed by atoms with E-state index in [-0.39, 0.29) is 76.5 Å². The normalized spacial score (nSPS) is 20.2. The average molecular weight is 2030 g/mol. The quantitative estimate of drug-likeness (QED) is 0.0185. The van der Waals surface area contributed by atoms with Crippen molar-refractivity contribution in [2.24, 2.45) is 0 Å². The first-order valence-electron chi connectivity index (χ1n) is 43.3. The first-order chi connectivity index (χ1) is 65.3. The maximum Gasteiger partial charge on any atom is 0.490 e. The molecule has 4 unspecified atom stereocenters. The maximum atomic E-state index is 13.8. The third kappa shape index (κ3) is 23.0. The SMILES string of the molecule is CCN1CCCc2cc3c(cc21)Oc1cc2c(cc1=C3c1cc(C(=O)NCC#Cc3cn([C@H]4C[C@H](O)[C@@H](COP(=O)(O)OP(=O)(O)OP(=O)(O)O)O4)c(=O)nc3N)ccc1C(=O)[O-])CCC[N+]=2CC.CCN1CCCc2cc3c(cc21)Oc1cc2c(cc1=C3c1ccc(C(=O)NCC#Cc3cn([C@H]4C[C@H](O)[C@@H](COP(=O)(O)OP(=O)(O)OP(=O)(O)O)O4)c(=O)nc3N)cc1C(=O)[O-])CCC[N+]=2CC. The molecule has 8 aliphatic heterocycles. The smallest absolute Gasteiger partial charge is 0.490 e. The molecule has 16 N–H and O–H groups in total. The average Bonchev–Trinajstić information content (AvgIpc) is 0.778. The minimum Gasteiger partial charge on any atom is -0.545 e. The lowest BCUT2D eigenvalue weighted by atomic mass is 9.85. The third-order valence-corrected chi connectivity index (χ3v) is 31.5. The van der Waals surface area contributed by atoms with Crippen LogP contribution in [0.4, 0.5) is 23.0 Å². The number of hydrogen-bond acceptors (Lipinski definition) is 32. The fraction of sp³-hybridized carbons (Fsp3) is 0.372. The number of carbonyl (C=O) groups is 4. The number of aromatic nitrogens is 4. The summed E-state index contributed by atoms with van der Waals surface area (Å²) >= 11 is 0. The number of nitrogens with one attached hydrogen (secondary N) is 2. The lowest BCUT2D eigenvalue weighted by molar-refractivity contribution is -0.256. The summed E-state index contributed by atoms with van der Waals surface area (Å²) in [6.45, 7) is 12.7. The van der Waals surface area contributed by atoms with Gasteiger partial charge < -0.3 is 120 Å². The van der Waals surface area contributed by atoms with E-state index in [4.69, 9.17) is 50.0 Å². The molecule has 16 rings (SSSR count). The molecule has 138 heavy (non-hydrogen) atoms. The van der Waals surface area contributed by atoms with Crippen LogP contribution in [0, 0.1) is 23.7 Å². The number of rotatable bonds is 28. The van der Waals surface area contributed by atoms with Crippen LogP contribution in [0.15, 0.2) is 107 Å². The van der Waals surface area contributed by atoms with Gasteiger partial charge in [0.2, 0.25) is 10.7 Å². The van der Waals surface area contributed by atoms with Gasteiger partial charge in [-0.15, -0.1) is 0 Å². The van der Waals surface area contributed by atoms with Crippen LogP contribution in [0.1, 0.15) is 176 Å². The van der Waals surface area contributed by atoms with Crippen LogP contribution in [-0.2, 0) is 88.8 Å². The van der Waals surface area contributed by atoms with Gasteiger partial charge in [0.15, 0.2) is 0 Å². The van der Waals surface area contributed by atoms with Crippen LogP contribution < -0.4 is 93.3 Å². The van der Waals surface area contributed by atoms with Crippen molar-refractivity contribution in [1.82, 2.24) is 38.9 Å². The van der Waals surface area contributed by atoms with Gasteiger partial charge in [-0.3, -0.25) is 27.8 Å². The van der Waals surface area contributed by atoms with Crippen LogP contribution >= 0.6 is 46.9 Å². The highest BCUT2D eigenvalue weighted by Crippen LogP contribution is 2.68. The van der Waals surface area contributed by atoms with Crippen LogP contribution in [0.5, 0.6) is 23.0 Å². The number of phosphoric ester groups is 2. The van der Waals surface area contributed by atoms with E-state index < -0.39 is 132 Å². The molecule has 732 valence electrons. The maximum absolute atomic E-state index is 13.8. The molecule has 2 fully saturated rings. The van der Waals surface area contributed by atoms with E-state index in [9.17, 15) is 96.2 Å². The monoisotopic (exact) mass is 2020 g/mol. The number of aromatic carboxylic acids is 2. The van der Waals surface area contributed by atoms with E-state index in [0.717, 1.165) is 174 Å². The zero-order valence-corrected chi connectivity index (χ0v) is 79.3. The molecule has 0 bridgehead atoms. The Morgan fingerprint density at radius 1 is 0.500 bits per heavy atom. The first kappa shape index (κ1) is 101. The molecule has 46 nitrogen and oxygen atoms in total. The Kier molecular flexibility index (Phi) is 30.1. The standard InChI is InChI=1S/2C43H47N6O17P3/c1-3-47-14-6-9-24-16-30-35(19-32(24)47)63-36-20-33-25(10-7-15-48(33)4-2)17-31(36)39(30)29-18-26(11-12-28(29)42(52)53)41(51)45-13-5-8-27-22-49(43(54)46-40(27)44)38-21-34(50)37(64-38)23-62-68(58,59)66-69(60,61)65-67(55,56)57;1-3-47-14-6-9-24-16-30-35(19-32(24)47)63-36-20-33-25(10-7-15-48(33)4-2)17-31(36)39(30)28-12-11-26(18-29(28)42(52)53)41(51)45-13-5-8-27-22-49(43(54)46-40(27)44)38-21-34(50)37(64-38)23-62-68(58,59)66-69(60,61)65-67(55,56)57/h2*11-12,16-20,22,34,37-38,50H,3-4,6-7,9-10,13-15,21,23H2,1-2H3,(H7-,44,45,46,51,52,53,54,55,56,57,58,59,60,61)/t2*34-,37+,38+/m00/s1. The molecule has 0 saturated carbocycles. The number of amides is 2. The summed E-state index contributed by atoms with van der Waals surface area (Å²) in [5.41, 5.74) is 19.7. The molecule has 0 aliphatic carbocycles. The minimum atomic E-state index is -5.80. The van der Waals surface area contributed by atoms with Crippen LogP contribution in [0.3, 0.4) is 0 Å². The highest BCUT2D eigenvalue weighted by Gasteiger charge is 2.46. The number of phosphoric acid groups is 6. The number of aliphatic hydroxyl groups is 2. The Hall–Kier alpha value is -11.1. The van der Waals surface area contributed by atoms with Crippen molar-refractivity contribution in [2.45, 2.75) is 129 Å². The first-order valence-corrected chi connectivity index (χ1v) is 52.4. The van der Waals surface area contributed by atoms with Gasteiger partial charge in [0, 0.05) is 154 Å². The summed E-state index contributed by atoms with van der Waals surface area (Å²) in [4.78, 5) is 164. The number of ether oxygens (including phenoxy) is 4. The second-order valence-electron chi connectivity index (χ2n) is 32.8. The van der Waals surface area contributed by atoms with Crippen molar-refractivity contribution >= 4 is 105 Å². The zero-order valence-electron chi connectivity index (χ0n) is 73.9. The number of nitrogen functional groups attached to an aromatic ring is 2. The number of fused-ring (bicyclic) bond motifs is 8. The number of benzene rings is 6. The Labute approximate surface area is 783 Å². The van der Waals surface area contributed by atoms with Crippen LogP contribution in [-0.4, -0.2) is 195 Å². The van der Waals surface area contributed by atoms with Crippen molar-refractivity contribution < 1.29 is 151 Å². The van der Waals surface area contributed by atoms with Crippen LogP contribution in [0.25, 0.3) is 11.1 Å². The molecule has 0 radical (unpaired) electrons. The number of anilines is 4. The van der Waals surface area contributed by atoms with E-state index in [1.54, 1.807) is 6.07 Å². The van der Waals surface area contributed by atoms with Crippen LogP contribution in [0.2, 0.25) is 0 Å². The molecular formula is C86H94N12O34P6. The fourth-order valence-electron chi connectivity index (χ4n) is 17.8. The summed E-state index contributed by atoms with van der Waals surface area (Å²) in [7, 11) is -33.9. The van der Waals surface area contributed by atoms with Crippen molar-refractivity contribution in [3.8, 4) is 46.7 Å².